The van der Waals surface area contributed by atoms with Crippen LogP contribution in [0.3, 0.4) is 0 Å². The molecule has 0 saturated heterocycles. The maximum atomic E-state index is 10.3. The third-order valence-electron chi connectivity index (χ3n) is 4.20. The molecule has 0 unspecified atom stereocenters. The van der Waals surface area contributed by atoms with E-state index < -0.39 is 5.60 Å². The number of hydrogen-bond donors (Lipinski definition) is 2. The normalized spacial score (nSPS) is 21.1. The molecule has 0 heterocycles. The van der Waals surface area contributed by atoms with Gasteiger partial charge >= 0.3 is 0 Å². The van der Waals surface area contributed by atoms with E-state index in [0.29, 0.717) is 23.4 Å². The van der Waals surface area contributed by atoms with Gasteiger partial charge in [-0.05, 0) is 43.4 Å². The van der Waals surface area contributed by atoms with Crippen LogP contribution in [-0.4, -0.2) is 23.4 Å². The van der Waals surface area contributed by atoms with Gasteiger partial charge in [-0.2, -0.15) is 0 Å². The highest BCUT2D eigenvalue weighted by Gasteiger charge is 2.32. The van der Waals surface area contributed by atoms with Gasteiger partial charge in [0.25, 0.3) is 0 Å². The van der Waals surface area contributed by atoms with Crippen LogP contribution in [0.15, 0.2) is 18.2 Å². The van der Waals surface area contributed by atoms with Crippen molar-refractivity contribution in [1.29, 1.82) is 0 Å². The topological polar surface area (TPSA) is 41.5 Å². The molecule has 0 bridgehead atoms. The molecule has 0 atom stereocenters. The van der Waals surface area contributed by atoms with Gasteiger partial charge in [-0.1, -0.05) is 30.5 Å². The van der Waals surface area contributed by atoms with E-state index in [0.717, 1.165) is 32.2 Å². The second-order valence-corrected chi connectivity index (χ2v) is 6.55. The van der Waals surface area contributed by atoms with E-state index in [9.17, 15) is 5.11 Å². The van der Waals surface area contributed by atoms with Crippen LogP contribution in [0.2, 0.25) is 5.02 Å². The van der Waals surface area contributed by atoms with Gasteiger partial charge in [-0.15, -0.1) is 0 Å². The maximum absolute atomic E-state index is 10.3. The zero-order valence-electron chi connectivity index (χ0n) is 11.7. The summed E-state index contributed by atoms with van der Waals surface area (Å²) in [7, 11) is 0. The zero-order chi connectivity index (χ0) is 14.0. The van der Waals surface area contributed by atoms with Gasteiger partial charge in [0, 0.05) is 12.6 Å². The van der Waals surface area contributed by atoms with Crippen molar-refractivity contribution in [2.24, 2.45) is 0 Å². The summed E-state index contributed by atoms with van der Waals surface area (Å²) in [5, 5.41) is 14.4. The fraction of sp³-hybridized carbons (Fsp3) is 0.625. The number of hydrogen-bond acceptors (Lipinski definition) is 3. The molecule has 0 amide bonds. The summed E-state index contributed by atoms with van der Waals surface area (Å²) >= 11 is 6.26. The average molecular weight is 296 g/mol. The summed E-state index contributed by atoms with van der Waals surface area (Å²) < 4.78 is 5.71. The summed E-state index contributed by atoms with van der Waals surface area (Å²) in [5.74, 6) is 0.669. The van der Waals surface area contributed by atoms with Crippen molar-refractivity contribution >= 4 is 11.6 Å². The number of benzene rings is 1. The lowest BCUT2D eigenvalue weighted by Crippen LogP contribution is -2.32. The Balaban J connectivity index is 1.55. The third kappa shape index (κ3) is 3.66. The smallest absolute Gasteiger partial charge is 0.138 e. The predicted molar refractivity (Wildman–Crippen MR) is 80.2 cm³/mol. The van der Waals surface area contributed by atoms with Crippen molar-refractivity contribution in [3.63, 3.8) is 0 Å². The van der Waals surface area contributed by atoms with Crippen molar-refractivity contribution in [2.75, 3.05) is 6.61 Å². The number of ether oxygens (including phenoxy) is 1. The minimum atomic E-state index is -0.657. The summed E-state index contributed by atoms with van der Waals surface area (Å²) in [6.45, 7) is 1.20. The SMILES string of the molecule is OC1(COc2ccc(CNC3CC3)cc2Cl)CCCC1. The molecule has 110 valence electrons. The Hall–Kier alpha value is -0.770. The Morgan fingerprint density at radius 1 is 1.30 bits per heavy atom. The van der Waals surface area contributed by atoms with Crippen molar-refractivity contribution in [2.45, 2.75) is 56.7 Å². The summed E-state index contributed by atoms with van der Waals surface area (Å²) in [4.78, 5) is 0. The van der Waals surface area contributed by atoms with Gasteiger partial charge in [0.1, 0.15) is 12.4 Å². The second kappa shape index (κ2) is 5.92. The molecule has 0 radical (unpaired) electrons. The first kappa shape index (κ1) is 14.2. The molecule has 2 saturated carbocycles. The van der Waals surface area contributed by atoms with E-state index in [-0.39, 0.29) is 0 Å². The van der Waals surface area contributed by atoms with Gasteiger partial charge < -0.3 is 15.2 Å². The lowest BCUT2D eigenvalue weighted by Gasteiger charge is -2.22. The first-order valence-corrected chi connectivity index (χ1v) is 7.89. The van der Waals surface area contributed by atoms with Gasteiger partial charge in [-0.3, -0.25) is 0 Å². The molecule has 2 N–H and O–H groups in total. The molecule has 2 fully saturated rings. The lowest BCUT2D eigenvalue weighted by molar-refractivity contribution is 0.00144. The van der Waals surface area contributed by atoms with E-state index in [1.54, 1.807) is 0 Å². The van der Waals surface area contributed by atoms with Gasteiger partial charge in [0.15, 0.2) is 0 Å². The molecule has 2 aliphatic rings. The Morgan fingerprint density at radius 3 is 2.70 bits per heavy atom. The van der Waals surface area contributed by atoms with E-state index in [4.69, 9.17) is 16.3 Å². The van der Waals surface area contributed by atoms with Crippen LogP contribution in [0.4, 0.5) is 0 Å². The first-order chi connectivity index (χ1) is 9.65. The van der Waals surface area contributed by atoms with Crippen molar-refractivity contribution in [1.82, 2.24) is 5.32 Å². The molecule has 20 heavy (non-hydrogen) atoms. The number of nitrogens with one attached hydrogen (secondary N) is 1. The zero-order valence-corrected chi connectivity index (χ0v) is 12.5. The van der Waals surface area contributed by atoms with Crippen LogP contribution >= 0.6 is 11.6 Å². The van der Waals surface area contributed by atoms with Crippen LogP contribution in [0.5, 0.6) is 5.75 Å². The molecule has 2 aliphatic carbocycles. The van der Waals surface area contributed by atoms with E-state index >= 15 is 0 Å². The monoisotopic (exact) mass is 295 g/mol. The Morgan fingerprint density at radius 2 is 2.05 bits per heavy atom. The molecule has 0 aliphatic heterocycles. The molecule has 1 aromatic carbocycles. The Labute approximate surface area is 125 Å². The first-order valence-electron chi connectivity index (χ1n) is 7.52. The molecular formula is C16H22ClNO2. The molecule has 0 spiro atoms. The highest BCUT2D eigenvalue weighted by molar-refractivity contribution is 6.32. The maximum Gasteiger partial charge on any atom is 0.138 e. The minimum absolute atomic E-state index is 0.340. The summed E-state index contributed by atoms with van der Waals surface area (Å²) in [5.41, 5.74) is 0.518. The third-order valence-corrected chi connectivity index (χ3v) is 4.49. The van der Waals surface area contributed by atoms with E-state index in [1.165, 1.54) is 18.4 Å². The van der Waals surface area contributed by atoms with Crippen LogP contribution in [0.1, 0.15) is 44.1 Å². The summed E-state index contributed by atoms with van der Waals surface area (Å²) in [6, 6.07) is 6.59. The second-order valence-electron chi connectivity index (χ2n) is 6.14. The molecule has 3 nitrogen and oxygen atoms in total. The fourth-order valence-electron chi connectivity index (χ4n) is 2.71. The number of rotatable bonds is 6. The molecule has 0 aromatic heterocycles. The van der Waals surface area contributed by atoms with Crippen molar-refractivity contribution < 1.29 is 9.84 Å². The average Bonchev–Trinajstić information content (AvgIpc) is 3.17. The van der Waals surface area contributed by atoms with Crippen LogP contribution in [0.25, 0.3) is 0 Å². The molecular weight excluding hydrogens is 274 g/mol. The molecule has 1 aromatic rings. The van der Waals surface area contributed by atoms with Gasteiger partial charge in [0.05, 0.1) is 10.6 Å². The van der Waals surface area contributed by atoms with Crippen LogP contribution in [-0.2, 0) is 6.54 Å². The standard InChI is InChI=1S/C16H22ClNO2/c17-14-9-12(10-18-13-4-5-13)3-6-15(14)20-11-16(19)7-1-2-8-16/h3,6,9,13,18-19H,1-2,4-5,7-8,10-11H2. The van der Waals surface area contributed by atoms with Crippen molar-refractivity contribution in [3.05, 3.63) is 28.8 Å². The highest BCUT2D eigenvalue weighted by Crippen LogP contribution is 2.32. The van der Waals surface area contributed by atoms with E-state index in [1.807, 2.05) is 18.2 Å². The van der Waals surface area contributed by atoms with Crippen molar-refractivity contribution in [3.8, 4) is 5.75 Å². The Kier molecular flexibility index (Phi) is 4.20. The lowest BCUT2D eigenvalue weighted by atomic mass is 10.0. The molecule has 4 heteroatoms. The number of halogens is 1. The fourth-order valence-corrected chi connectivity index (χ4v) is 2.97. The highest BCUT2D eigenvalue weighted by atomic mass is 35.5. The molecule has 3 rings (SSSR count). The van der Waals surface area contributed by atoms with Crippen LogP contribution < -0.4 is 10.1 Å². The number of aliphatic hydroxyl groups is 1. The quantitative estimate of drug-likeness (QED) is 0.846. The minimum Gasteiger partial charge on any atom is -0.489 e. The largest absolute Gasteiger partial charge is 0.489 e. The van der Waals surface area contributed by atoms with Gasteiger partial charge in [-0.25, -0.2) is 0 Å². The van der Waals surface area contributed by atoms with Gasteiger partial charge in [0.2, 0.25) is 0 Å². The van der Waals surface area contributed by atoms with E-state index in [2.05, 4.69) is 5.32 Å². The van der Waals surface area contributed by atoms with Crippen LogP contribution in [0, 0.1) is 0 Å². The Bertz CT molecular complexity index is 468. The predicted octanol–water partition coefficient (Wildman–Crippen LogP) is 3.28. The summed E-state index contributed by atoms with van der Waals surface area (Å²) in [6.07, 6.45) is 6.39.